The van der Waals surface area contributed by atoms with Crippen molar-refractivity contribution < 1.29 is 14.6 Å². The smallest absolute Gasteiger partial charge is 0.222 e. The molecule has 20 heavy (non-hydrogen) atoms. The van der Waals surface area contributed by atoms with Gasteiger partial charge in [-0.25, -0.2) is 0 Å². The summed E-state index contributed by atoms with van der Waals surface area (Å²) in [5, 5.41) is 9.08. The number of nitrogens with zero attached hydrogens (tertiary/aromatic N) is 1. The number of hydrogen-bond acceptors (Lipinski definition) is 3. The van der Waals surface area contributed by atoms with Crippen molar-refractivity contribution in [3.05, 3.63) is 30.3 Å². The van der Waals surface area contributed by atoms with Crippen molar-refractivity contribution in [1.29, 1.82) is 0 Å². The van der Waals surface area contributed by atoms with Crippen molar-refractivity contribution >= 4 is 5.91 Å². The number of benzene rings is 1. The van der Waals surface area contributed by atoms with Crippen LogP contribution in [0.3, 0.4) is 0 Å². The summed E-state index contributed by atoms with van der Waals surface area (Å²) in [5.41, 5.74) is 0. The molecule has 2 rings (SSSR count). The molecule has 0 aliphatic carbocycles. The second kappa shape index (κ2) is 7.90. The molecule has 1 amide bonds. The molecule has 0 unspecified atom stereocenters. The standard InChI is InChI=1S/C16H23NO3/c18-13-14-8-10-17(11-9-14)16(19)7-4-12-20-15-5-2-1-3-6-15/h1-3,5-6,14,18H,4,7-13H2. The highest BCUT2D eigenvalue weighted by Crippen LogP contribution is 2.17. The van der Waals surface area contributed by atoms with Crippen LogP contribution in [0.15, 0.2) is 30.3 Å². The topological polar surface area (TPSA) is 49.8 Å². The Hall–Kier alpha value is -1.55. The molecule has 4 nitrogen and oxygen atoms in total. The van der Waals surface area contributed by atoms with Gasteiger partial charge in [-0.15, -0.1) is 0 Å². The van der Waals surface area contributed by atoms with Gasteiger partial charge in [0.2, 0.25) is 5.91 Å². The van der Waals surface area contributed by atoms with Gasteiger partial charge in [0, 0.05) is 26.1 Å². The first kappa shape index (κ1) is 14.9. The van der Waals surface area contributed by atoms with Crippen LogP contribution >= 0.6 is 0 Å². The molecule has 0 radical (unpaired) electrons. The third-order valence-corrected chi connectivity index (χ3v) is 3.77. The lowest BCUT2D eigenvalue weighted by atomic mass is 9.97. The van der Waals surface area contributed by atoms with E-state index in [2.05, 4.69) is 0 Å². The maximum absolute atomic E-state index is 12.0. The Morgan fingerprint density at radius 1 is 1.25 bits per heavy atom. The Bertz CT molecular complexity index is 399. The average molecular weight is 277 g/mol. The Kier molecular flexibility index (Phi) is 5.87. The van der Waals surface area contributed by atoms with Gasteiger partial charge in [-0.1, -0.05) is 18.2 Å². The molecule has 4 heteroatoms. The molecule has 1 fully saturated rings. The summed E-state index contributed by atoms with van der Waals surface area (Å²) < 4.78 is 5.57. The van der Waals surface area contributed by atoms with Gasteiger partial charge in [0.05, 0.1) is 6.61 Å². The Morgan fingerprint density at radius 3 is 2.60 bits per heavy atom. The summed E-state index contributed by atoms with van der Waals surface area (Å²) in [4.78, 5) is 13.9. The van der Waals surface area contributed by atoms with Crippen LogP contribution in [0.25, 0.3) is 0 Å². The van der Waals surface area contributed by atoms with Crippen molar-refractivity contribution in [3.8, 4) is 5.75 Å². The molecule has 0 spiro atoms. The van der Waals surface area contributed by atoms with E-state index >= 15 is 0 Å². The molecule has 0 aromatic heterocycles. The van der Waals surface area contributed by atoms with Gasteiger partial charge < -0.3 is 14.7 Å². The van der Waals surface area contributed by atoms with Crippen molar-refractivity contribution in [2.45, 2.75) is 25.7 Å². The van der Waals surface area contributed by atoms with Crippen LogP contribution in [0.4, 0.5) is 0 Å². The molecule has 0 atom stereocenters. The Balaban J connectivity index is 1.61. The molecule has 1 aromatic carbocycles. The van der Waals surface area contributed by atoms with Crippen LogP contribution in [0.2, 0.25) is 0 Å². The largest absolute Gasteiger partial charge is 0.494 e. The zero-order valence-electron chi connectivity index (χ0n) is 11.8. The lowest BCUT2D eigenvalue weighted by Gasteiger charge is -2.31. The first-order chi connectivity index (χ1) is 9.79. The van der Waals surface area contributed by atoms with Crippen LogP contribution < -0.4 is 4.74 Å². The van der Waals surface area contributed by atoms with E-state index < -0.39 is 0 Å². The van der Waals surface area contributed by atoms with E-state index in [-0.39, 0.29) is 12.5 Å². The maximum Gasteiger partial charge on any atom is 0.222 e. The number of carbonyl (C=O) groups excluding carboxylic acids is 1. The number of rotatable bonds is 6. The van der Waals surface area contributed by atoms with Gasteiger partial charge in [0.15, 0.2) is 0 Å². The van der Waals surface area contributed by atoms with E-state index in [9.17, 15) is 4.79 Å². The molecule has 1 saturated heterocycles. The number of aliphatic hydroxyl groups is 1. The van der Waals surface area contributed by atoms with Gasteiger partial charge >= 0.3 is 0 Å². The number of ether oxygens (including phenoxy) is 1. The van der Waals surface area contributed by atoms with Crippen LogP contribution in [0.5, 0.6) is 5.75 Å². The summed E-state index contributed by atoms with van der Waals surface area (Å²) in [7, 11) is 0. The molecule has 1 N–H and O–H groups in total. The maximum atomic E-state index is 12.0. The highest BCUT2D eigenvalue weighted by atomic mass is 16.5. The molecule has 0 saturated carbocycles. The van der Waals surface area contributed by atoms with E-state index in [1.807, 2.05) is 35.2 Å². The minimum Gasteiger partial charge on any atom is -0.494 e. The lowest BCUT2D eigenvalue weighted by Crippen LogP contribution is -2.39. The van der Waals surface area contributed by atoms with Crippen LogP contribution in [-0.2, 0) is 4.79 Å². The fourth-order valence-corrected chi connectivity index (χ4v) is 2.45. The summed E-state index contributed by atoms with van der Waals surface area (Å²) >= 11 is 0. The number of likely N-dealkylation sites (tertiary alicyclic amines) is 1. The monoisotopic (exact) mass is 277 g/mol. The van der Waals surface area contributed by atoms with Gasteiger partial charge in [-0.3, -0.25) is 4.79 Å². The number of amides is 1. The lowest BCUT2D eigenvalue weighted by molar-refractivity contribution is -0.133. The molecule has 1 aliphatic rings. The summed E-state index contributed by atoms with van der Waals surface area (Å²) in [6.07, 6.45) is 3.12. The Morgan fingerprint density at radius 2 is 1.95 bits per heavy atom. The van der Waals surface area contributed by atoms with E-state index in [1.54, 1.807) is 0 Å². The van der Waals surface area contributed by atoms with Crippen molar-refractivity contribution in [1.82, 2.24) is 4.90 Å². The minimum atomic E-state index is 0.207. The van der Waals surface area contributed by atoms with E-state index in [0.717, 1.165) is 38.1 Å². The van der Waals surface area contributed by atoms with Gasteiger partial charge in [-0.2, -0.15) is 0 Å². The highest BCUT2D eigenvalue weighted by Gasteiger charge is 2.21. The molecule has 1 heterocycles. The van der Waals surface area contributed by atoms with Gasteiger partial charge in [0.25, 0.3) is 0 Å². The van der Waals surface area contributed by atoms with Crippen molar-refractivity contribution in [3.63, 3.8) is 0 Å². The average Bonchev–Trinajstić information content (AvgIpc) is 2.52. The molecular formula is C16H23NO3. The minimum absolute atomic E-state index is 0.207. The predicted molar refractivity (Wildman–Crippen MR) is 77.6 cm³/mol. The summed E-state index contributed by atoms with van der Waals surface area (Å²) in [6, 6.07) is 9.66. The van der Waals surface area contributed by atoms with Crippen LogP contribution in [-0.4, -0.2) is 42.2 Å². The normalized spacial score (nSPS) is 16.1. The van der Waals surface area contributed by atoms with Crippen molar-refractivity contribution in [2.75, 3.05) is 26.3 Å². The number of aliphatic hydroxyl groups excluding tert-OH is 1. The summed E-state index contributed by atoms with van der Waals surface area (Å²) in [5.74, 6) is 1.43. The van der Waals surface area contributed by atoms with E-state index in [0.29, 0.717) is 18.9 Å². The zero-order valence-corrected chi connectivity index (χ0v) is 11.8. The first-order valence-corrected chi connectivity index (χ1v) is 7.36. The molecule has 0 bridgehead atoms. The third kappa shape index (κ3) is 4.53. The summed E-state index contributed by atoms with van der Waals surface area (Å²) in [6.45, 7) is 2.38. The zero-order chi connectivity index (χ0) is 14.2. The molecule has 110 valence electrons. The second-order valence-corrected chi connectivity index (χ2v) is 5.27. The van der Waals surface area contributed by atoms with Crippen LogP contribution in [0.1, 0.15) is 25.7 Å². The first-order valence-electron chi connectivity index (χ1n) is 7.36. The number of piperidine rings is 1. The fraction of sp³-hybridized carbons (Fsp3) is 0.562. The number of para-hydroxylation sites is 1. The molecule has 1 aromatic rings. The van der Waals surface area contributed by atoms with E-state index in [4.69, 9.17) is 9.84 Å². The molecule has 1 aliphatic heterocycles. The second-order valence-electron chi connectivity index (χ2n) is 5.27. The SMILES string of the molecule is O=C(CCCOc1ccccc1)N1CCC(CO)CC1. The quantitative estimate of drug-likeness (QED) is 0.810. The van der Waals surface area contributed by atoms with Crippen LogP contribution in [0, 0.1) is 5.92 Å². The van der Waals surface area contributed by atoms with Crippen molar-refractivity contribution in [2.24, 2.45) is 5.92 Å². The molecular weight excluding hydrogens is 254 g/mol. The third-order valence-electron chi connectivity index (χ3n) is 3.77. The fourth-order valence-electron chi connectivity index (χ4n) is 2.45. The number of hydrogen-bond donors (Lipinski definition) is 1. The van der Waals surface area contributed by atoms with E-state index in [1.165, 1.54) is 0 Å². The van der Waals surface area contributed by atoms with Gasteiger partial charge in [0.1, 0.15) is 5.75 Å². The van der Waals surface area contributed by atoms with Gasteiger partial charge in [-0.05, 0) is 37.3 Å². The predicted octanol–water partition coefficient (Wildman–Crippen LogP) is 2.08. The number of carbonyl (C=O) groups is 1. The highest BCUT2D eigenvalue weighted by molar-refractivity contribution is 5.76. The Labute approximate surface area is 120 Å².